The van der Waals surface area contributed by atoms with Crippen molar-refractivity contribution in [3.8, 4) is 5.69 Å². The smallest absolute Gasteiger partial charge is 0.339 e. The number of hydrogen-bond donors (Lipinski definition) is 0. The number of esters is 2. The van der Waals surface area contributed by atoms with Crippen molar-refractivity contribution in [2.45, 2.75) is 13.2 Å². The zero-order valence-corrected chi connectivity index (χ0v) is 20.3. The highest BCUT2D eigenvalue weighted by Crippen LogP contribution is 2.21. The molecule has 0 aliphatic rings. The van der Waals surface area contributed by atoms with E-state index in [0.29, 0.717) is 31.5 Å². The summed E-state index contributed by atoms with van der Waals surface area (Å²) in [6.45, 7) is -0.237. The highest BCUT2D eigenvalue weighted by molar-refractivity contribution is 9.10. The van der Waals surface area contributed by atoms with Crippen LogP contribution in [-0.2, 0) is 22.7 Å². The normalized spacial score (nSPS) is 10.6. The number of hydrogen-bond acceptors (Lipinski definition) is 6. The predicted molar refractivity (Wildman–Crippen MR) is 128 cm³/mol. The number of aromatic nitrogens is 3. The third-order valence-corrected chi connectivity index (χ3v) is 6.09. The van der Waals surface area contributed by atoms with Crippen LogP contribution in [-0.4, -0.2) is 26.9 Å². The quantitative estimate of drug-likeness (QED) is 0.273. The van der Waals surface area contributed by atoms with Crippen molar-refractivity contribution in [1.29, 1.82) is 0 Å². The van der Waals surface area contributed by atoms with E-state index < -0.39 is 11.9 Å². The Morgan fingerprint density at radius 3 is 1.82 bits per heavy atom. The summed E-state index contributed by atoms with van der Waals surface area (Å²) in [5, 5.41) is 8.36. The molecule has 0 saturated heterocycles. The van der Waals surface area contributed by atoms with Gasteiger partial charge < -0.3 is 9.47 Å². The molecule has 0 N–H and O–H groups in total. The molecule has 0 spiro atoms. The molecule has 4 aromatic rings. The Morgan fingerprint density at radius 2 is 1.24 bits per heavy atom. The number of carbonyl (C=O) groups excluding carboxylic acids is 2. The zero-order valence-electron chi connectivity index (χ0n) is 17.2. The average Bonchev–Trinajstić information content (AvgIpc) is 3.25. The summed E-state index contributed by atoms with van der Waals surface area (Å²) in [6.07, 6.45) is 0. The maximum atomic E-state index is 12.6. The second-order valence-electron chi connectivity index (χ2n) is 6.84. The van der Waals surface area contributed by atoms with Gasteiger partial charge in [-0.1, -0.05) is 47.7 Å². The van der Waals surface area contributed by atoms with Crippen LogP contribution in [0.25, 0.3) is 5.69 Å². The maximum Gasteiger partial charge on any atom is 0.339 e. The Kier molecular flexibility index (Phi) is 7.31. The molecule has 0 radical (unpaired) electrons. The first-order valence-corrected chi connectivity index (χ1v) is 11.5. The topological polar surface area (TPSA) is 83.3 Å². The van der Waals surface area contributed by atoms with Gasteiger partial charge in [0.2, 0.25) is 0 Å². The van der Waals surface area contributed by atoms with E-state index in [1.165, 1.54) is 0 Å². The molecular formula is C24H17Br2N3O4. The van der Waals surface area contributed by atoms with Crippen molar-refractivity contribution in [3.05, 3.63) is 110 Å². The maximum absolute atomic E-state index is 12.6. The minimum Gasteiger partial charge on any atom is -0.455 e. The Bertz CT molecular complexity index is 1290. The fraction of sp³-hybridized carbons (Fsp3) is 0.0833. The molecule has 0 unspecified atom stereocenters. The highest BCUT2D eigenvalue weighted by atomic mass is 79.9. The van der Waals surface area contributed by atoms with Gasteiger partial charge in [-0.15, -0.1) is 5.10 Å². The molecule has 33 heavy (non-hydrogen) atoms. The lowest BCUT2D eigenvalue weighted by atomic mass is 10.2. The minimum atomic E-state index is -0.507. The van der Waals surface area contributed by atoms with E-state index in [1.54, 1.807) is 41.1 Å². The summed E-state index contributed by atoms with van der Waals surface area (Å²) in [5.74, 6) is -1.01. The van der Waals surface area contributed by atoms with E-state index >= 15 is 0 Å². The van der Waals surface area contributed by atoms with Crippen LogP contribution in [0.5, 0.6) is 0 Å². The van der Waals surface area contributed by atoms with E-state index in [0.717, 1.165) is 5.69 Å². The average molecular weight is 571 g/mol. The lowest BCUT2D eigenvalue weighted by Gasteiger charge is -2.10. The molecule has 0 amide bonds. The SMILES string of the molecule is O=C(OCc1nnn(-c2ccccc2)c1COC(=O)c1ccccc1Br)c1ccccc1Br. The van der Waals surface area contributed by atoms with Crippen LogP contribution in [0.1, 0.15) is 32.1 Å². The Labute approximate surface area is 206 Å². The number of carbonyl (C=O) groups is 2. The minimum absolute atomic E-state index is 0.107. The van der Waals surface area contributed by atoms with Gasteiger partial charge >= 0.3 is 11.9 Å². The highest BCUT2D eigenvalue weighted by Gasteiger charge is 2.20. The second-order valence-corrected chi connectivity index (χ2v) is 8.55. The number of benzene rings is 3. The van der Waals surface area contributed by atoms with Gasteiger partial charge in [0.25, 0.3) is 0 Å². The molecule has 4 rings (SSSR count). The van der Waals surface area contributed by atoms with Crippen LogP contribution < -0.4 is 0 Å². The largest absolute Gasteiger partial charge is 0.455 e. The number of halogens is 2. The van der Waals surface area contributed by atoms with Crippen molar-refractivity contribution in [2.75, 3.05) is 0 Å². The molecule has 0 saturated carbocycles. The molecule has 7 nitrogen and oxygen atoms in total. The van der Waals surface area contributed by atoms with Crippen molar-refractivity contribution >= 4 is 43.8 Å². The third kappa shape index (κ3) is 5.37. The van der Waals surface area contributed by atoms with Gasteiger partial charge in [0.1, 0.15) is 24.6 Å². The molecule has 3 aromatic carbocycles. The predicted octanol–water partition coefficient (Wildman–Crippen LogP) is 5.51. The summed E-state index contributed by atoms with van der Waals surface area (Å²) in [7, 11) is 0. The summed E-state index contributed by atoms with van der Waals surface area (Å²) < 4.78 is 13.8. The van der Waals surface area contributed by atoms with E-state index in [1.807, 2.05) is 42.5 Å². The first kappa shape index (κ1) is 22.9. The van der Waals surface area contributed by atoms with Crippen LogP contribution in [0.3, 0.4) is 0 Å². The van der Waals surface area contributed by atoms with Gasteiger partial charge in [-0.3, -0.25) is 0 Å². The van der Waals surface area contributed by atoms with Gasteiger partial charge in [-0.2, -0.15) is 0 Å². The Balaban J connectivity index is 1.56. The van der Waals surface area contributed by atoms with E-state index in [9.17, 15) is 9.59 Å². The monoisotopic (exact) mass is 569 g/mol. The Hall–Kier alpha value is -3.30. The Morgan fingerprint density at radius 1 is 0.727 bits per heavy atom. The molecule has 0 fully saturated rings. The lowest BCUT2D eigenvalue weighted by Crippen LogP contribution is -2.12. The third-order valence-electron chi connectivity index (χ3n) is 4.71. The van der Waals surface area contributed by atoms with Crippen LogP contribution in [0.15, 0.2) is 87.8 Å². The standard InChI is InChI=1S/C24H17Br2N3O4/c25-19-12-6-4-10-17(19)23(30)32-14-21-22(29(28-27-21)16-8-2-1-3-9-16)15-33-24(31)18-11-5-7-13-20(18)26/h1-13H,14-15H2. The van der Waals surface area contributed by atoms with Gasteiger partial charge in [-0.25, -0.2) is 14.3 Å². The van der Waals surface area contributed by atoms with Crippen molar-refractivity contribution < 1.29 is 19.1 Å². The van der Waals surface area contributed by atoms with Gasteiger partial charge in [-0.05, 0) is 68.3 Å². The van der Waals surface area contributed by atoms with Gasteiger partial charge in [0.15, 0.2) is 0 Å². The van der Waals surface area contributed by atoms with Crippen molar-refractivity contribution in [1.82, 2.24) is 15.0 Å². The number of nitrogens with zero attached hydrogens (tertiary/aromatic N) is 3. The summed E-state index contributed by atoms with van der Waals surface area (Å²) in [6, 6.07) is 23.3. The van der Waals surface area contributed by atoms with Crippen molar-refractivity contribution in [2.24, 2.45) is 0 Å². The molecule has 0 aliphatic carbocycles. The molecule has 1 heterocycles. The van der Waals surface area contributed by atoms with E-state index in [2.05, 4.69) is 42.2 Å². The molecule has 1 aromatic heterocycles. The van der Waals surface area contributed by atoms with Crippen LogP contribution in [0.4, 0.5) is 0 Å². The van der Waals surface area contributed by atoms with Gasteiger partial charge in [0, 0.05) is 8.95 Å². The first-order valence-electron chi connectivity index (χ1n) is 9.87. The van der Waals surface area contributed by atoms with E-state index in [-0.39, 0.29) is 13.2 Å². The van der Waals surface area contributed by atoms with Crippen molar-refractivity contribution in [3.63, 3.8) is 0 Å². The van der Waals surface area contributed by atoms with E-state index in [4.69, 9.17) is 9.47 Å². The number of rotatable bonds is 7. The zero-order chi connectivity index (χ0) is 23.2. The fourth-order valence-corrected chi connectivity index (χ4v) is 3.94. The summed E-state index contributed by atoms with van der Waals surface area (Å²) in [4.78, 5) is 25.1. The summed E-state index contributed by atoms with van der Waals surface area (Å²) >= 11 is 6.70. The molecule has 0 aliphatic heterocycles. The molecular weight excluding hydrogens is 554 g/mol. The fourth-order valence-electron chi connectivity index (χ4n) is 3.04. The second kappa shape index (κ2) is 10.5. The number of ether oxygens (including phenoxy) is 2. The van der Waals surface area contributed by atoms with Gasteiger partial charge in [0.05, 0.1) is 16.8 Å². The lowest BCUT2D eigenvalue weighted by molar-refractivity contribution is 0.0426. The molecule has 9 heteroatoms. The van der Waals surface area contributed by atoms with Crippen LogP contribution in [0.2, 0.25) is 0 Å². The molecule has 166 valence electrons. The molecule has 0 bridgehead atoms. The number of para-hydroxylation sites is 1. The summed E-state index contributed by atoms with van der Waals surface area (Å²) in [5.41, 5.74) is 2.43. The first-order chi connectivity index (χ1) is 16.0. The molecule has 0 atom stereocenters. The van der Waals surface area contributed by atoms with Crippen LogP contribution >= 0.6 is 31.9 Å². The van der Waals surface area contributed by atoms with Crippen LogP contribution in [0, 0.1) is 0 Å².